The van der Waals surface area contributed by atoms with Crippen LogP contribution in [0, 0.1) is 6.92 Å². The molecular formula is C23H29N5O4. The largest absolute Gasteiger partial charge is 0.378 e. The van der Waals surface area contributed by atoms with Crippen molar-refractivity contribution < 1.29 is 14.3 Å². The fraction of sp³-hybridized carbons (Fsp3) is 0.478. The molecule has 0 spiro atoms. The number of rotatable bonds is 5. The number of nitrogens with zero attached hydrogens (tertiary/aromatic N) is 3. The van der Waals surface area contributed by atoms with Crippen LogP contribution in [0.4, 0.5) is 17.3 Å². The molecule has 2 aliphatic rings. The quantitative estimate of drug-likeness (QED) is 0.736. The van der Waals surface area contributed by atoms with Crippen LogP contribution in [0.5, 0.6) is 0 Å². The lowest BCUT2D eigenvalue weighted by molar-refractivity contribution is -0.117. The minimum Gasteiger partial charge on any atom is -0.378 e. The van der Waals surface area contributed by atoms with Crippen LogP contribution in [0.2, 0.25) is 0 Å². The van der Waals surface area contributed by atoms with Crippen molar-refractivity contribution in [2.45, 2.75) is 39.5 Å². The highest BCUT2D eigenvalue weighted by atomic mass is 16.5. The van der Waals surface area contributed by atoms with E-state index in [1.807, 2.05) is 23.1 Å². The fourth-order valence-corrected chi connectivity index (χ4v) is 4.28. The predicted octanol–water partition coefficient (Wildman–Crippen LogP) is 1.79. The van der Waals surface area contributed by atoms with Crippen LogP contribution < -0.4 is 20.7 Å². The molecule has 0 atom stereocenters. The summed E-state index contributed by atoms with van der Waals surface area (Å²) in [7, 11) is 0. The van der Waals surface area contributed by atoms with Gasteiger partial charge < -0.3 is 19.9 Å². The molecule has 2 amide bonds. The molecule has 2 N–H and O–H groups in total. The summed E-state index contributed by atoms with van der Waals surface area (Å²) >= 11 is 0. The molecule has 0 radical (unpaired) electrons. The molecule has 2 aromatic rings. The van der Waals surface area contributed by atoms with Crippen molar-refractivity contribution in [3.8, 4) is 0 Å². The fourth-order valence-electron chi connectivity index (χ4n) is 4.28. The number of aromatic amines is 1. The van der Waals surface area contributed by atoms with Gasteiger partial charge in [-0.05, 0) is 49.9 Å². The molecule has 1 aromatic heterocycles. The molecule has 0 aliphatic carbocycles. The summed E-state index contributed by atoms with van der Waals surface area (Å²) in [6, 6.07) is 5.63. The van der Waals surface area contributed by atoms with Gasteiger partial charge >= 0.3 is 0 Å². The number of amides is 2. The standard InChI is InChI=1S/C23H29N5O4/c1-15-19(22(31)26-23(24-15)27-10-12-32-13-11-27)6-8-21(30)25-18-5-7-20-17(14-18)4-3-9-28(20)16(2)29/h5,7,14H,3-4,6,8-13H2,1-2H3,(H,25,30)(H,24,26,31). The van der Waals surface area contributed by atoms with Crippen molar-refractivity contribution in [2.24, 2.45) is 0 Å². The van der Waals surface area contributed by atoms with Gasteiger partial charge in [-0.1, -0.05) is 0 Å². The van der Waals surface area contributed by atoms with E-state index in [0.29, 0.717) is 55.6 Å². The van der Waals surface area contributed by atoms with Crippen LogP contribution >= 0.6 is 0 Å². The Hall–Kier alpha value is -3.20. The summed E-state index contributed by atoms with van der Waals surface area (Å²) in [6.45, 7) is 6.69. The molecule has 3 heterocycles. The van der Waals surface area contributed by atoms with Crippen molar-refractivity contribution in [3.63, 3.8) is 0 Å². The second-order valence-electron chi connectivity index (χ2n) is 8.22. The van der Waals surface area contributed by atoms with Gasteiger partial charge in [0.05, 0.1) is 13.2 Å². The summed E-state index contributed by atoms with van der Waals surface area (Å²) in [5, 5.41) is 2.91. The summed E-state index contributed by atoms with van der Waals surface area (Å²) in [6.07, 6.45) is 2.27. The van der Waals surface area contributed by atoms with Crippen molar-refractivity contribution in [2.75, 3.05) is 48.0 Å². The second kappa shape index (κ2) is 9.52. The number of anilines is 3. The first-order valence-corrected chi connectivity index (χ1v) is 11.1. The van der Waals surface area contributed by atoms with Crippen molar-refractivity contribution >= 4 is 29.1 Å². The number of hydrogen-bond donors (Lipinski definition) is 2. The maximum atomic E-state index is 12.6. The van der Waals surface area contributed by atoms with Crippen molar-refractivity contribution in [1.82, 2.24) is 9.97 Å². The van der Waals surface area contributed by atoms with Gasteiger partial charge in [0.1, 0.15) is 0 Å². The lowest BCUT2D eigenvalue weighted by atomic mass is 10.0. The Morgan fingerprint density at radius 3 is 2.72 bits per heavy atom. The molecule has 0 saturated carbocycles. The first-order valence-electron chi connectivity index (χ1n) is 11.1. The number of H-pyrrole nitrogens is 1. The molecule has 1 aromatic carbocycles. The summed E-state index contributed by atoms with van der Waals surface area (Å²) in [5.74, 6) is 0.412. The van der Waals surface area contributed by atoms with E-state index in [1.54, 1.807) is 18.7 Å². The zero-order chi connectivity index (χ0) is 22.7. The molecule has 1 fully saturated rings. The monoisotopic (exact) mass is 439 g/mol. The summed E-state index contributed by atoms with van der Waals surface area (Å²) in [4.78, 5) is 48.1. The van der Waals surface area contributed by atoms with Gasteiger partial charge in [0.25, 0.3) is 5.56 Å². The van der Waals surface area contributed by atoms with E-state index in [4.69, 9.17) is 4.74 Å². The zero-order valence-corrected chi connectivity index (χ0v) is 18.6. The van der Waals surface area contributed by atoms with Gasteiger partial charge in [-0.2, -0.15) is 0 Å². The van der Waals surface area contributed by atoms with Crippen LogP contribution in [0.1, 0.15) is 36.6 Å². The number of aryl methyl sites for hydroxylation is 2. The number of aromatic nitrogens is 2. The maximum absolute atomic E-state index is 12.6. The van der Waals surface area contributed by atoms with E-state index < -0.39 is 0 Å². The first-order chi connectivity index (χ1) is 15.4. The minimum absolute atomic E-state index is 0.0246. The highest BCUT2D eigenvalue weighted by Crippen LogP contribution is 2.29. The lowest BCUT2D eigenvalue weighted by Gasteiger charge is -2.29. The SMILES string of the molecule is CC(=O)N1CCCc2cc(NC(=O)CCc3c(C)nc(N4CCOCC4)[nH]c3=O)ccc21. The van der Waals surface area contributed by atoms with Gasteiger partial charge in [-0.15, -0.1) is 0 Å². The molecule has 4 rings (SSSR count). The Kier molecular flexibility index (Phi) is 6.55. The molecule has 0 unspecified atom stereocenters. The number of fused-ring (bicyclic) bond motifs is 1. The van der Waals surface area contributed by atoms with Crippen LogP contribution in [0.3, 0.4) is 0 Å². The van der Waals surface area contributed by atoms with E-state index >= 15 is 0 Å². The average Bonchev–Trinajstić information content (AvgIpc) is 2.78. The molecule has 32 heavy (non-hydrogen) atoms. The number of carbonyl (C=O) groups is 2. The molecule has 9 nitrogen and oxygen atoms in total. The Bertz CT molecular complexity index is 1070. The normalized spacial score (nSPS) is 15.9. The molecule has 1 saturated heterocycles. The van der Waals surface area contributed by atoms with Crippen LogP contribution in [0.25, 0.3) is 0 Å². The highest BCUT2D eigenvalue weighted by Gasteiger charge is 2.21. The zero-order valence-electron chi connectivity index (χ0n) is 18.6. The smallest absolute Gasteiger partial charge is 0.255 e. The maximum Gasteiger partial charge on any atom is 0.255 e. The Balaban J connectivity index is 1.39. The van der Waals surface area contributed by atoms with E-state index in [9.17, 15) is 14.4 Å². The third-order valence-electron chi connectivity index (χ3n) is 5.98. The molecule has 0 bridgehead atoms. The first kappa shape index (κ1) is 22.0. The molecule has 170 valence electrons. The third-order valence-corrected chi connectivity index (χ3v) is 5.98. The molecule has 2 aliphatic heterocycles. The number of benzene rings is 1. The Morgan fingerprint density at radius 1 is 1.22 bits per heavy atom. The van der Waals surface area contributed by atoms with Crippen molar-refractivity contribution in [3.05, 3.63) is 45.4 Å². The Labute approximate surface area is 186 Å². The number of ether oxygens (including phenoxy) is 1. The van der Waals surface area contributed by atoms with Gasteiger partial charge in [0.15, 0.2) is 0 Å². The van der Waals surface area contributed by atoms with Gasteiger partial charge in [-0.3, -0.25) is 19.4 Å². The molecule has 9 heteroatoms. The number of hydrogen-bond acceptors (Lipinski definition) is 6. The second-order valence-corrected chi connectivity index (χ2v) is 8.22. The van der Waals surface area contributed by atoms with E-state index in [-0.39, 0.29) is 23.8 Å². The van der Waals surface area contributed by atoms with Crippen LogP contribution in [-0.2, 0) is 27.2 Å². The summed E-state index contributed by atoms with van der Waals surface area (Å²) in [5.41, 5.74) is 3.63. The average molecular weight is 440 g/mol. The number of carbonyl (C=O) groups excluding carboxylic acids is 2. The number of nitrogens with one attached hydrogen (secondary N) is 2. The van der Waals surface area contributed by atoms with Crippen molar-refractivity contribution in [1.29, 1.82) is 0 Å². The van der Waals surface area contributed by atoms with Gasteiger partial charge in [0.2, 0.25) is 17.8 Å². The third kappa shape index (κ3) is 4.83. The lowest BCUT2D eigenvalue weighted by Crippen LogP contribution is -2.38. The van der Waals surface area contributed by atoms with E-state index in [0.717, 1.165) is 30.6 Å². The Morgan fingerprint density at radius 2 is 2.00 bits per heavy atom. The highest BCUT2D eigenvalue weighted by molar-refractivity contribution is 5.94. The van der Waals surface area contributed by atoms with E-state index in [2.05, 4.69) is 15.3 Å². The minimum atomic E-state index is -0.204. The van der Waals surface area contributed by atoms with E-state index in [1.165, 1.54) is 0 Å². The topological polar surface area (TPSA) is 108 Å². The van der Waals surface area contributed by atoms with Gasteiger partial charge in [-0.25, -0.2) is 4.98 Å². The predicted molar refractivity (Wildman–Crippen MR) is 122 cm³/mol. The number of morpholine rings is 1. The van der Waals surface area contributed by atoms with Crippen LogP contribution in [0.15, 0.2) is 23.0 Å². The summed E-state index contributed by atoms with van der Waals surface area (Å²) < 4.78 is 5.34. The molecular weight excluding hydrogens is 410 g/mol. The van der Waals surface area contributed by atoms with Crippen LogP contribution in [-0.4, -0.2) is 54.6 Å². The van der Waals surface area contributed by atoms with Gasteiger partial charge in [0, 0.05) is 55.6 Å².